The Balaban J connectivity index is 0.00000182. The van der Waals surface area contributed by atoms with Gasteiger partial charge >= 0.3 is 0 Å². The second-order valence-electron chi connectivity index (χ2n) is 6.81. The zero-order valence-corrected chi connectivity index (χ0v) is 16.4. The van der Waals surface area contributed by atoms with Gasteiger partial charge in [0.15, 0.2) is 0 Å². The van der Waals surface area contributed by atoms with E-state index in [1.54, 1.807) is 6.20 Å². The number of aromatic nitrogens is 2. The zero-order valence-electron chi connectivity index (χ0n) is 14.0. The van der Waals surface area contributed by atoms with Gasteiger partial charge < -0.3 is 10.6 Å². The lowest BCUT2D eigenvalue weighted by molar-refractivity contribution is 0.0923. The van der Waals surface area contributed by atoms with Crippen molar-refractivity contribution in [3.05, 3.63) is 46.2 Å². The molecule has 0 saturated carbocycles. The van der Waals surface area contributed by atoms with Crippen LogP contribution in [-0.2, 0) is 0 Å². The van der Waals surface area contributed by atoms with E-state index in [1.165, 1.54) is 12.8 Å². The van der Waals surface area contributed by atoms with E-state index < -0.39 is 0 Å². The number of rotatable bonds is 3. The summed E-state index contributed by atoms with van der Waals surface area (Å²) in [5.74, 6) is -0.0119. The molecule has 0 aliphatic carbocycles. The molecule has 2 N–H and O–H groups in total. The van der Waals surface area contributed by atoms with Gasteiger partial charge in [0.25, 0.3) is 5.91 Å². The van der Waals surface area contributed by atoms with E-state index >= 15 is 0 Å². The van der Waals surface area contributed by atoms with Crippen LogP contribution in [0, 0.1) is 6.92 Å². The Morgan fingerprint density at radius 3 is 2.52 bits per heavy atom. The van der Waals surface area contributed by atoms with Crippen molar-refractivity contribution in [2.24, 2.45) is 0 Å². The summed E-state index contributed by atoms with van der Waals surface area (Å²) < 4.78 is 2.84. The smallest absolute Gasteiger partial charge is 0.254 e. The van der Waals surface area contributed by atoms with Crippen molar-refractivity contribution in [3.63, 3.8) is 0 Å². The molecule has 2 aromatic rings. The summed E-state index contributed by atoms with van der Waals surface area (Å²) >= 11 is 3.44. The highest BCUT2D eigenvalue weighted by molar-refractivity contribution is 9.10. The normalized spacial score (nSPS) is 24.6. The average Bonchev–Trinajstić information content (AvgIpc) is 3.11. The van der Waals surface area contributed by atoms with E-state index in [0.29, 0.717) is 17.6 Å². The summed E-state index contributed by atoms with van der Waals surface area (Å²) in [4.78, 5) is 12.7. The molecule has 4 rings (SSSR count). The van der Waals surface area contributed by atoms with Crippen molar-refractivity contribution < 1.29 is 4.79 Å². The highest BCUT2D eigenvalue weighted by Gasteiger charge is 2.34. The van der Waals surface area contributed by atoms with Gasteiger partial charge in [-0.25, -0.2) is 4.68 Å². The number of amides is 1. The number of nitrogens with zero attached hydrogens (tertiary/aromatic N) is 2. The lowest BCUT2D eigenvalue weighted by atomic mass is 9.99. The molecule has 5 nitrogen and oxygen atoms in total. The predicted octanol–water partition coefficient (Wildman–Crippen LogP) is 3.38. The fourth-order valence-corrected chi connectivity index (χ4v) is 4.18. The topological polar surface area (TPSA) is 59.0 Å². The number of benzene rings is 1. The second kappa shape index (κ2) is 7.48. The number of fused-ring (bicyclic) bond motifs is 2. The van der Waals surface area contributed by atoms with E-state index in [2.05, 4.69) is 31.7 Å². The van der Waals surface area contributed by atoms with Gasteiger partial charge in [-0.2, -0.15) is 5.10 Å². The largest absolute Gasteiger partial charge is 0.349 e. The number of piperidine rings is 1. The second-order valence-corrected chi connectivity index (χ2v) is 7.73. The summed E-state index contributed by atoms with van der Waals surface area (Å²) in [5.41, 5.74) is 2.48. The number of carbonyl (C=O) groups is 1. The molecule has 3 heterocycles. The Bertz CT molecular complexity index is 749. The number of hydrogen-bond acceptors (Lipinski definition) is 3. The quantitative estimate of drug-likeness (QED) is 0.792. The first-order valence-electron chi connectivity index (χ1n) is 8.47. The molecule has 1 aromatic carbocycles. The van der Waals surface area contributed by atoms with Crippen molar-refractivity contribution in [1.82, 2.24) is 20.4 Å². The molecule has 0 radical (unpaired) electrons. The fourth-order valence-electron chi connectivity index (χ4n) is 3.91. The minimum Gasteiger partial charge on any atom is -0.349 e. The summed E-state index contributed by atoms with van der Waals surface area (Å²) in [7, 11) is 0. The van der Waals surface area contributed by atoms with Crippen LogP contribution in [0.2, 0.25) is 0 Å². The van der Waals surface area contributed by atoms with Gasteiger partial charge in [-0.1, -0.05) is 15.9 Å². The van der Waals surface area contributed by atoms with Crippen LogP contribution in [0.15, 0.2) is 34.9 Å². The number of halogens is 2. The fraction of sp³-hybridized carbons (Fsp3) is 0.444. The predicted molar refractivity (Wildman–Crippen MR) is 104 cm³/mol. The van der Waals surface area contributed by atoms with Crippen molar-refractivity contribution in [3.8, 4) is 5.69 Å². The molecule has 2 aliphatic rings. The van der Waals surface area contributed by atoms with Crippen LogP contribution in [0.4, 0.5) is 0 Å². The van der Waals surface area contributed by atoms with Crippen molar-refractivity contribution >= 4 is 34.2 Å². The van der Waals surface area contributed by atoms with Crippen molar-refractivity contribution in [2.45, 2.75) is 50.7 Å². The van der Waals surface area contributed by atoms with Gasteiger partial charge in [0.2, 0.25) is 0 Å². The van der Waals surface area contributed by atoms with E-state index in [9.17, 15) is 4.79 Å². The van der Waals surface area contributed by atoms with E-state index in [4.69, 9.17) is 0 Å². The molecule has 2 fully saturated rings. The van der Waals surface area contributed by atoms with Crippen LogP contribution in [0.25, 0.3) is 5.69 Å². The Morgan fingerprint density at radius 2 is 1.88 bits per heavy atom. The van der Waals surface area contributed by atoms with Gasteiger partial charge in [0.1, 0.15) is 0 Å². The molecule has 2 aliphatic heterocycles. The van der Waals surface area contributed by atoms with Crippen LogP contribution in [0.3, 0.4) is 0 Å². The van der Waals surface area contributed by atoms with Crippen molar-refractivity contribution in [1.29, 1.82) is 0 Å². The van der Waals surface area contributed by atoms with Gasteiger partial charge in [-0.3, -0.25) is 4.79 Å². The Hall–Kier alpha value is -1.37. The van der Waals surface area contributed by atoms with Gasteiger partial charge in [0, 0.05) is 22.6 Å². The SMILES string of the molecule is Cc1c(C(=O)NC2CC3CCC(C2)N3)cnn1-c1ccc(Br)cc1.Cl. The molecule has 2 atom stereocenters. The number of carbonyl (C=O) groups excluding carboxylic acids is 1. The summed E-state index contributed by atoms with van der Waals surface area (Å²) in [6.45, 7) is 1.94. The Labute approximate surface area is 162 Å². The maximum atomic E-state index is 12.7. The van der Waals surface area contributed by atoms with E-state index in [1.807, 2.05) is 35.9 Å². The number of nitrogens with one attached hydrogen (secondary N) is 2. The first kappa shape index (κ1) is 18.4. The van der Waals surface area contributed by atoms with Gasteiger partial charge in [-0.05, 0) is 56.9 Å². The van der Waals surface area contributed by atoms with Gasteiger partial charge in [0.05, 0.1) is 23.1 Å². The molecule has 1 aromatic heterocycles. The van der Waals surface area contributed by atoms with E-state index in [0.717, 1.165) is 28.7 Å². The third-order valence-corrected chi connectivity index (χ3v) is 5.66. The van der Waals surface area contributed by atoms with E-state index in [-0.39, 0.29) is 24.4 Å². The number of hydrogen-bond donors (Lipinski definition) is 2. The molecular weight excluding hydrogens is 404 g/mol. The molecule has 25 heavy (non-hydrogen) atoms. The molecule has 2 saturated heterocycles. The highest BCUT2D eigenvalue weighted by atomic mass is 79.9. The maximum absolute atomic E-state index is 12.7. The van der Waals surface area contributed by atoms with Crippen LogP contribution >= 0.6 is 28.3 Å². The minimum absolute atomic E-state index is 0. The van der Waals surface area contributed by atoms with Crippen LogP contribution < -0.4 is 10.6 Å². The lowest BCUT2D eigenvalue weighted by Gasteiger charge is -2.29. The Morgan fingerprint density at radius 1 is 1.24 bits per heavy atom. The molecule has 2 unspecified atom stereocenters. The molecule has 0 spiro atoms. The summed E-state index contributed by atoms with van der Waals surface area (Å²) in [5, 5.41) is 11.2. The van der Waals surface area contributed by atoms with Crippen LogP contribution in [-0.4, -0.2) is 33.8 Å². The molecule has 134 valence electrons. The molecule has 2 bridgehead atoms. The Kier molecular flexibility index (Phi) is 5.51. The zero-order chi connectivity index (χ0) is 16.7. The monoisotopic (exact) mass is 424 g/mol. The van der Waals surface area contributed by atoms with Crippen LogP contribution in [0.5, 0.6) is 0 Å². The molecular formula is C18H22BrClN4O. The summed E-state index contributed by atoms with van der Waals surface area (Å²) in [6, 6.07) is 9.32. The summed E-state index contributed by atoms with van der Waals surface area (Å²) in [6.07, 6.45) is 6.20. The van der Waals surface area contributed by atoms with Crippen LogP contribution in [0.1, 0.15) is 41.7 Å². The molecule has 1 amide bonds. The minimum atomic E-state index is -0.0119. The molecule has 7 heteroatoms. The first-order valence-corrected chi connectivity index (χ1v) is 9.27. The third-order valence-electron chi connectivity index (χ3n) is 5.13. The van der Waals surface area contributed by atoms with Crippen molar-refractivity contribution in [2.75, 3.05) is 0 Å². The van der Waals surface area contributed by atoms with Gasteiger partial charge in [-0.15, -0.1) is 12.4 Å². The highest BCUT2D eigenvalue weighted by Crippen LogP contribution is 2.27. The average molecular weight is 426 g/mol. The maximum Gasteiger partial charge on any atom is 0.254 e. The standard InChI is InChI=1S/C18H21BrN4O.ClH/c1-11-17(10-20-23(11)16-6-2-12(19)3-7-16)18(24)22-15-8-13-4-5-14(9-15)21-13;/h2-3,6-7,10,13-15,21H,4-5,8-9H2,1H3,(H,22,24);1H. The lowest BCUT2D eigenvalue weighted by Crippen LogP contribution is -2.48. The first-order chi connectivity index (χ1) is 11.6. The third kappa shape index (κ3) is 3.76.